The second kappa shape index (κ2) is 7.56. The van der Waals surface area contributed by atoms with E-state index in [0.717, 1.165) is 11.8 Å². The predicted octanol–water partition coefficient (Wildman–Crippen LogP) is 2.44. The van der Waals surface area contributed by atoms with Crippen LogP contribution in [0.1, 0.15) is 6.92 Å². The lowest BCUT2D eigenvalue weighted by molar-refractivity contribution is -0.137. The molecular formula is C14H15F3N4O2S. The number of carbonyl (C=O) groups excluding carboxylic acids is 1. The SMILES string of the molecule is COc1cccc(-n2cnnc2SC(C)C(=O)NCC(F)(F)F)c1. The molecule has 0 saturated heterocycles. The fourth-order valence-corrected chi connectivity index (χ4v) is 2.65. The average molecular weight is 360 g/mol. The molecule has 10 heteroatoms. The van der Waals surface area contributed by atoms with E-state index in [1.54, 1.807) is 28.8 Å². The molecule has 1 aromatic carbocycles. The maximum absolute atomic E-state index is 12.2. The summed E-state index contributed by atoms with van der Waals surface area (Å²) in [5.41, 5.74) is 0.713. The molecule has 0 bridgehead atoms. The van der Waals surface area contributed by atoms with Crippen LogP contribution in [0, 0.1) is 0 Å². The number of halogens is 3. The van der Waals surface area contributed by atoms with Gasteiger partial charge in [0.15, 0.2) is 5.16 Å². The summed E-state index contributed by atoms with van der Waals surface area (Å²) in [7, 11) is 1.54. The van der Waals surface area contributed by atoms with E-state index in [2.05, 4.69) is 10.2 Å². The molecule has 1 atom stereocenters. The Kier molecular flexibility index (Phi) is 5.71. The van der Waals surface area contributed by atoms with Crippen LogP contribution in [0.5, 0.6) is 5.75 Å². The van der Waals surface area contributed by atoms with Gasteiger partial charge in [-0.25, -0.2) is 0 Å². The van der Waals surface area contributed by atoms with Gasteiger partial charge in [0.05, 0.1) is 18.0 Å². The molecule has 1 amide bonds. The number of nitrogens with zero attached hydrogens (tertiary/aromatic N) is 3. The number of rotatable bonds is 6. The average Bonchev–Trinajstić information content (AvgIpc) is 3.00. The number of aromatic nitrogens is 3. The molecule has 1 N–H and O–H groups in total. The number of hydrogen-bond acceptors (Lipinski definition) is 5. The molecule has 0 saturated carbocycles. The van der Waals surface area contributed by atoms with Gasteiger partial charge < -0.3 is 10.1 Å². The van der Waals surface area contributed by atoms with E-state index in [-0.39, 0.29) is 0 Å². The highest BCUT2D eigenvalue weighted by Crippen LogP contribution is 2.25. The molecule has 1 unspecified atom stereocenters. The fourth-order valence-electron chi connectivity index (χ4n) is 1.78. The third-order valence-corrected chi connectivity index (χ3v) is 4.02. The molecule has 6 nitrogen and oxygen atoms in total. The number of nitrogens with one attached hydrogen (secondary N) is 1. The summed E-state index contributed by atoms with van der Waals surface area (Å²) < 4.78 is 43.2. The summed E-state index contributed by atoms with van der Waals surface area (Å²) >= 11 is 1.01. The molecule has 0 spiro atoms. The first-order chi connectivity index (χ1) is 11.3. The van der Waals surface area contributed by atoms with E-state index in [1.165, 1.54) is 20.4 Å². The van der Waals surface area contributed by atoms with Gasteiger partial charge in [0.1, 0.15) is 18.6 Å². The van der Waals surface area contributed by atoms with Crippen LogP contribution in [0.15, 0.2) is 35.7 Å². The minimum atomic E-state index is -4.44. The smallest absolute Gasteiger partial charge is 0.405 e. The third kappa shape index (κ3) is 4.88. The van der Waals surface area contributed by atoms with Gasteiger partial charge in [-0.15, -0.1) is 10.2 Å². The number of hydrogen-bond donors (Lipinski definition) is 1. The minimum Gasteiger partial charge on any atom is -0.497 e. The second-order valence-electron chi connectivity index (χ2n) is 4.78. The highest BCUT2D eigenvalue weighted by Gasteiger charge is 2.29. The van der Waals surface area contributed by atoms with Gasteiger partial charge in [0, 0.05) is 6.07 Å². The molecular weight excluding hydrogens is 345 g/mol. The molecule has 2 aromatic rings. The Bertz CT molecular complexity index is 705. The van der Waals surface area contributed by atoms with Crippen molar-refractivity contribution in [2.45, 2.75) is 23.5 Å². The molecule has 1 heterocycles. The molecule has 0 fully saturated rings. The number of carbonyl (C=O) groups is 1. The second-order valence-corrected chi connectivity index (χ2v) is 6.09. The Morgan fingerprint density at radius 1 is 1.46 bits per heavy atom. The lowest BCUT2D eigenvalue weighted by atomic mass is 10.3. The van der Waals surface area contributed by atoms with Crippen LogP contribution in [0.2, 0.25) is 0 Å². The summed E-state index contributed by atoms with van der Waals surface area (Å²) in [4.78, 5) is 11.8. The molecule has 0 radical (unpaired) electrons. The summed E-state index contributed by atoms with van der Waals surface area (Å²) in [5, 5.41) is 9.18. The van der Waals surface area contributed by atoms with Crippen molar-refractivity contribution in [1.82, 2.24) is 20.1 Å². The van der Waals surface area contributed by atoms with E-state index < -0.39 is 23.9 Å². The van der Waals surface area contributed by atoms with Crippen molar-refractivity contribution < 1.29 is 22.7 Å². The van der Waals surface area contributed by atoms with E-state index >= 15 is 0 Å². The number of thioether (sulfide) groups is 1. The Hall–Kier alpha value is -2.23. The number of ether oxygens (including phenoxy) is 1. The van der Waals surface area contributed by atoms with Crippen molar-refractivity contribution in [2.24, 2.45) is 0 Å². The van der Waals surface area contributed by atoms with Gasteiger partial charge in [0.2, 0.25) is 5.91 Å². The van der Waals surface area contributed by atoms with Crippen LogP contribution in [0.25, 0.3) is 5.69 Å². The predicted molar refractivity (Wildman–Crippen MR) is 82.3 cm³/mol. The van der Waals surface area contributed by atoms with Crippen molar-refractivity contribution >= 4 is 17.7 Å². The lowest BCUT2D eigenvalue weighted by Crippen LogP contribution is -2.38. The number of benzene rings is 1. The number of methoxy groups -OCH3 is 1. The normalized spacial score (nSPS) is 12.7. The molecule has 0 aliphatic heterocycles. The van der Waals surface area contributed by atoms with Crippen molar-refractivity contribution in [3.8, 4) is 11.4 Å². The third-order valence-electron chi connectivity index (χ3n) is 2.96. The fraction of sp³-hybridized carbons (Fsp3) is 0.357. The van der Waals surface area contributed by atoms with Gasteiger partial charge in [-0.2, -0.15) is 13.2 Å². The van der Waals surface area contributed by atoms with Gasteiger partial charge in [-0.3, -0.25) is 9.36 Å². The van der Waals surface area contributed by atoms with E-state index in [4.69, 9.17) is 4.74 Å². The Labute approximate surface area is 140 Å². The number of amides is 1. The summed E-state index contributed by atoms with van der Waals surface area (Å²) in [5.74, 6) is -0.0920. The summed E-state index contributed by atoms with van der Waals surface area (Å²) in [6, 6.07) is 7.10. The summed E-state index contributed by atoms with van der Waals surface area (Å²) in [6.07, 6.45) is -2.99. The van der Waals surface area contributed by atoms with Crippen LogP contribution in [-0.2, 0) is 4.79 Å². The van der Waals surface area contributed by atoms with Crippen molar-refractivity contribution in [2.75, 3.05) is 13.7 Å². The van der Waals surface area contributed by atoms with Crippen molar-refractivity contribution in [1.29, 1.82) is 0 Å². The Morgan fingerprint density at radius 3 is 2.88 bits per heavy atom. The van der Waals surface area contributed by atoms with Gasteiger partial charge in [0.25, 0.3) is 0 Å². The summed E-state index contributed by atoms with van der Waals surface area (Å²) in [6.45, 7) is 0.139. The number of alkyl halides is 3. The highest BCUT2D eigenvalue weighted by molar-refractivity contribution is 8.00. The largest absolute Gasteiger partial charge is 0.497 e. The monoisotopic (exact) mass is 360 g/mol. The molecule has 0 aliphatic rings. The zero-order valence-electron chi connectivity index (χ0n) is 12.9. The highest BCUT2D eigenvalue weighted by atomic mass is 32.2. The van der Waals surface area contributed by atoms with Gasteiger partial charge >= 0.3 is 6.18 Å². The standard InChI is InChI=1S/C14H15F3N4O2S/c1-9(12(22)18-7-14(15,16)17)24-13-20-19-8-21(13)10-4-3-5-11(6-10)23-2/h3-6,8-9H,7H2,1-2H3,(H,18,22). The lowest BCUT2D eigenvalue weighted by Gasteiger charge is -2.13. The Balaban J connectivity index is 2.08. The first-order valence-corrected chi connectivity index (χ1v) is 7.73. The zero-order valence-corrected chi connectivity index (χ0v) is 13.7. The van der Waals surface area contributed by atoms with E-state index in [9.17, 15) is 18.0 Å². The maximum atomic E-state index is 12.2. The van der Waals surface area contributed by atoms with Crippen molar-refractivity contribution in [3.05, 3.63) is 30.6 Å². The molecule has 2 rings (SSSR count). The van der Waals surface area contributed by atoms with Crippen LogP contribution < -0.4 is 10.1 Å². The van der Waals surface area contributed by atoms with Crippen LogP contribution >= 0.6 is 11.8 Å². The maximum Gasteiger partial charge on any atom is 0.405 e. The Morgan fingerprint density at radius 2 is 2.21 bits per heavy atom. The molecule has 130 valence electrons. The zero-order chi connectivity index (χ0) is 17.7. The first kappa shape index (κ1) is 18.1. The van der Waals surface area contributed by atoms with Gasteiger partial charge in [-0.1, -0.05) is 17.8 Å². The van der Waals surface area contributed by atoms with Crippen LogP contribution in [0.4, 0.5) is 13.2 Å². The minimum absolute atomic E-state index is 0.387. The molecule has 24 heavy (non-hydrogen) atoms. The van der Waals surface area contributed by atoms with Crippen molar-refractivity contribution in [3.63, 3.8) is 0 Å². The van der Waals surface area contributed by atoms with E-state index in [0.29, 0.717) is 16.6 Å². The van der Waals surface area contributed by atoms with Gasteiger partial charge in [-0.05, 0) is 19.1 Å². The first-order valence-electron chi connectivity index (χ1n) is 6.85. The van der Waals surface area contributed by atoms with Crippen LogP contribution in [0.3, 0.4) is 0 Å². The van der Waals surface area contributed by atoms with Crippen LogP contribution in [-0.4, -0.2) is 45.8 Å². The topological polar surface area (TPSA) is 69.0 Å². The van der Waals surface area contributed by atoms with E-state index in [1.807, 2.05) is 5.32 Å². The molecule has 0 aliphatic carbocycles. The quantitative estimate of drug-likeness (QED) is 0.802. The molecule has 1 aromatic heterocycles.